The lowest BCUT2D eigenvalue weighted by molar-refractivity contribution is 0.432. The second kappa shape index (κ2) is 9.78. The molecule has 190 valence electrons. The lowest BCUT2D eigenvalue weighted by Gasteiger charge is -2.19. The fourth-order valence-electron chi connectivity index (χ4n) is 4.56. The van der Waals surface area contributed by atoms with Crippen molar-refractivity contribution in [1.82, 2.24) is 14.5 Å². The van der Waals surface area contributed by atoms with Crippen molar-refractivity contribution in [1.29, 1.82) is 5.41 Å². The van der Waals surface area contributed by atoms with E-state index in [1.54, 1.807) is 4.57 Å². The van der Waals surface area contributed by atoms with Crippen LogP contribution < -0.4 is 16.6 Å². The molecule has 0 unspecified atom stereocenters. The first-order valence-electron chi connectivity index (χ1n) is 11.9. The summed E-state index contributed by atoms with van der Waals surface area (Å²) in [5, 5.41) is 23.2. The van der Waals surface area contributed by atoms with Crippen molar-refractivity contribution in [3.05, 3.63) is 117 Å². The summed E-state index contributed by atoms with van der Waals surface area (Å²) in [6.07, 6.45) is 1.27. The number of para-hydroxylation sites is 1. The summed E-state index contributed by atoms with van der Waals surface area (Å²) >= 11 is 0. The molecule has 9 heteroatoms. The number of halogens is 1. The zero-order valence-electron chi connectivity index (χ0n) is 20.8. The number of aromatic nitrogens is 3. The Hall–Kier alpha value is -5.05. The lowest BCUT2D eigenvalue weighted by Crippen LogP contribution is -2.25. The topological polar surface area (TPSA) is 130 Å². The molecular formula is C29H25FN6O2. The maximum atomic E-state index is 13.8. The molecule has 0 fully saturated rings. The Kier molecular flexibility index (Phi) is 6.34. The number of nitrogens with zero attached hydrogens (tertiary/aromatic N) is 3. The normalized spacial score (nSPS) is 11.0. The van der Waals surface area contributed by atoms with Crippen molar-refractivity contribution < 1.29 is 9.50 Å². The van der Waals surface area contributed by atoms with Crippen LogP contribution in [0, 0.1) is 25.1 Å². The molecule has 5 N–H and O–H groups in total. The van der Waals surface area contributed by atoms with Gasteiger partial charge in [0.15, 0.2) is 11.6 Å². The fraction of sp³-hybridized carbons (Fsp3) is 0.103. The molecule has 38 heavy (non-hydrogen) atoms. The highest BCUT2D eigenvalue weighted by atomic mass is 19.1. The number of nitrogens with one attached hydrogen (secondary N) is 2. The Bertz CT molecular complexity index is 1780. The predicted octanol–water partition coefficient (Wildman–Crippen LogP) is 4.85. The molecule has 0 atom stereocenters. The van der Waals surface area contributed by atoms with Crippen LogP contribution in [-0.4, -0.2) is 25.4 Å². The molecule has 0 aliphatic carbocycles. The first kappa shape index (κ1) is 24.6. The highest BCUT2D eigenvalue weighted by Gasteiger charge is 2.19. The van der Waals surface area contributed by atoms with Gasteiger partial charge in [-0.15, -0.1) is 0 Å². The zero-order valence-corrected chi connectivity index (χ0v) is 20.8. The van der Waals surface area contributed by atoms with Gasteiger partial charge in [0, 0.05) is 11.3 Å². The number of nitrogens with two attached hydrogens (primary N) is 1. The van der Waals surface area contributed by atoms with Gasteiger partial charge in [-0.2, -0.15) is 0 Å². The molecule has 8 nitrogen and oxygen atoms in total. The van der Waals surface area contributed by atoms with E-state index < -0.39 is 11.6 Å². The van der Waals surface area contributed by atoms with Gasteiger partial charge in [-0.25, -0.2) is 14.4 Å². The van der Waals surface area contributed by atoms with Crippen molar-refractivity contribution in [2.24, 2.45) is 0 Å². The average molecular weight is 509 g/mol. The van der Waals surface area contributed by atoms with Gasteiger partial charge in [0.25, 0.3) is 5.56 Å². The van der Waals surface area contributed by atoms with E-state index >= 15 is 0 Å². The third kappa shape index (κ3) is 4.34. The average Bonchev–Trinajstić information content (AvgIpc) is 2.89. The number of aromatic hydroxyl groups is 1. The number of fused-ring (bicyclic) bond motifs is 1. The Labute approximate surface area is 217 Å². The number of pyridine rings is 1. The maximum Gasteiger partial charge on any atom is 0.263 e. The van der Waals surface area contributed by atoms with Crippen molar-refractivity contribution in [2.75, 3.05) is 11.1 Å². The molecule has 0 amide bonds. The van der Waals surface area contributed by atoms with Gasteiger partial charge in [-0.1, -0.05) is 36.4 Å². The van der Waals surface area contributed by atoms with Crippen LogP contribution in [0.25, 0.3) is 16.5 Å². The van der Waals surface area contributed by atoms with Gasteiger partial charge in [-0.3, -0.25) is 14.8 Å². The van der Waals surface area contributed by atoms with Crippen LogP contribution in [0.1, 0.15) is 27.9 Å². The van der Waals surface area contributed by atoms with E-state index in [0.29, 0.717) is 11.1 Å². The number of hydrogen-bond donors (Lipinski definition) is 4. The van der Waals surface area contributed by atoms with Crippen molar-refractivity contribution in [3.63, 3.8) is 0 Å². The summed E-state index contributed by atoms with van der Waals surface area (Å²) in [4.78, 5) is 22.1. The number of rotatable bonds is 6. The molecule has 0 aliphatic heterocycles. The van der Waals surface area contributed by atoms with Crippen LogP contribution >= 0.6 is 0 Å². The van der Waals surface area contributed by atoms with E-state index in [2.05, 4.69) is 15.3 Å². The first-order valence-corrected chi connectivity index (χ1v) is 11.9. The number of phenols is 1. The third-order valence-electron chi connectivity index (χ3n) is 6.49. The number of hydrogen-bond acceptors (Lipinski definition) is 7. The molecule has 0 bridgehead atoms. The highest BCUT2D eigenvalue weighted by molar-refractivity contribution is 6.16. The third-order valence-corrected chi connectivity index (χ3v) is 6.49. The Morgan fingerprint density at radius 3 is 2.58 bits per heavy atom. The molecule has 3 aromatic carbocycles. The number of benzene rings is 3. The molecule has 2 aromatic heterocycles. The maximum absolute atomic E-state index is 13.8. The molecule has 0 radical (unpaired) electrons. The van der Waals surface area contributed by atoms with Crippen LogP contribution in [0.3, 0.4) is 0 Å². The molecular weight excluding hydrogens is 483 g/mol. The zero-order chi connectivity index (χ0) is 27.0. The summed E-state index contributed by atoms with van der Waals surface area (Å²) in [7, 11) is 0. The van der Waals surface area contributed by atoms with Crippen LogP contribution in [0.4, 0.5) is 16.0 Å². The second-order valence-corrected chi connectivity index (χ2v) is 8.98. The smallest absolute Gasteiger partial charge is 0.263 e. The Morgan fingerprint density at radius 1 is 1.05 bits per heavy atom. The molecule has 0 aliphatic rings. The number of anilines is 2. The van der Waals surface area contributed by atoms with Gasteiger partial charge in [0.2, 0.25) is 0 Å². The number of nitrogen functional groups attached to an aromatic ring is 1. The quantitative estimate of drug-likeness (QED) is 0.243. The summed E-state index contributed by atoms with van der Waals surface area (Å²) < 4.78 is 15.3. The van der Waals surface area contributed by atoms with Gasteiger partial charge in [-0.05, 0) is 60.7 Å². The van der Waals surface area contributed by atoms with E-state index in [-0.39, 0.29) is 40.6 Å². The SMILES string of the molecule is Cc1ccccc1-n1c(CNc2ncnc(N)c2C(=N)c2ccc(F)c(O)c2)cc2cccc(C)c2c1=O. The minimum absolute atomic E-state index is 0.0433. The number of phenolic OH excluding ortho intramolecular Hbond substituents is 1. The van der Waals surface area contributed by atoms with E-state index in [1.807, 2.05) is 62.4 Å². The Morgan fingerprint density at radius 2 is 1.82 bits per heavy atom. The molecule has 5 rings (SSSR count). The van der Waals surface area contributed by atoms with Crippen LogP contribution in [0.15, 0.2) is 77.9 Å². The Balaban J connectivity index is 1.61. The molecule has 2 heterocycles. The molecule has 5 aromatic rings. The van der Waals surface area contributed by atoms with Gasteiger partial charge < -0.3 is 16.2 Å². The van der Waals surface area contributed by atoms with Gasteiger partial charge in [0.1, 0.15) is 18.0 Å². The molecule has 0 spiro atoms. The summed E-state index contributed by atoms with van der Waals surface area (Å²) in [5.74, 6) is -1.06. The highest BCUT2D eigenvalue weighted by Crippen LogP contribution is 2.26. The minimum Gasteiger partial charge on any atom is -0.505 e. The fourth-order valence-corrected chi connectivity index (χ4v) is 4.56. The largest absolute Gasteiger partial charge is 0.505 e. The minimum atomic E-state index is -0.794. The van der Waals surface area contributed by atoms with Crippen molar-refractivity contribution in [3.8, 4) is 11.4 Å². The summed E-state index contributed by atoms with van der Waals surface area (Å²) in [6, 6.07) is 18.9. The van der Waals surface area contributed by atoms with Crippen molar-refractivity contribution >= 4 is 28.1 Å². The standard InChI is InChI=1S/C29H25FN6O2/c1-16-6-3-4-9-22(16)36-20(12-18-8-5-7-17(2)24(18)29(36)38)14-33-28-25(27(32)34-15-35-28)26(31)19-10-11-21(30)23(37)13-19/h3-13,15,31,37H,14H2,1-2H3,(H3,32,33,34,35). The second-order valence-electron chi connectivity index (χ2n) is 8.98. The van der Waals surface area contributed by atoms with Crippen LogP contribution in [0.5, 0.6) is 5.75 Å². The van der Waals surface area contributed by atoms with E-state index in [4.69, 9.17) is 11.1 Å². The van der Waals surface area contributed by atoms with E-state index in [0.717, 1.165) is 34.3 Å². The van der Waals surface area contributed by atoms with Crippen LogP contribution in [-0.2, 0) is 6.54 Å². The monoisotopic (exact) mass is 508 g/mol. The molecule has 0 saturated carbocycles. The molecule has 0 saturated heterocycles. The lowest BCUT2D eigenvalue weighted by atomic mass is 10.0. The van der Waals surface area contributed by atoms with Crippen molar-refractivity contribution in [2.45, 2.75) is 20.4 Å². The van der Waals surface area contributed by atoms with Gasteiger partial charge >= 0.3 is 0 Å². The van der Waals surface area contributed by atoms with E-state index in [1.165, 1.54) is 12.4 Å². The predicted molar refractivity (Wildman–Crippen MR) is 147 cm³/mol. The van der Waals surface area contributed by atoms with E-state index in [9.17, 15) is 14.3 Å². The van der Waals surface area contributed by atoms with Gasteiger partial charge in [0.05, 0.1) is 28.9 Å². The van der Waals surface area contributed by atoms with Crippen LogP contribution in [0.2, 0.25) is 0 Å². The number of aryl methyl sites for hydroxylation is 2. The summed E-state index contributed by atoms with van der Waals surface area (Å²) in [5.41, 5.74) is 9.60. The summed E-state index contributed by atoms with van der Waals surface area (Å²) in [6.45, 7) is 4.04. The first-order chi connectivity index (χ1) is 18.3.